The molecule has 1 aromatic heterocycles. The standard InChI is InChI=1S/C29H29ClF3N3O3/c1-39-21-5-7-26-22(14-21)28(23(30)15-35-26)25(34)6-4-17-8-10-36(16-19(17)12-27(37)38)9-2-3-18-11-20(31)13-24(32)29(18)33/h5,7,11,13-15,17,19,25H,4,6,8-10,12,16,34H2,1H3,(H,37,38)/t17?,19?,25-/m1/s1. The van der Waals surface area contributed by atoms with Gasteiger partial charge in [0, 0.05) is 36.7 Å². The zero-order valence-electron chi connectivity index (χ0n) is 21.4. The number of hydrogen-bond acceptors (Lipinski definition) is 5. The van der Waals surface area contributed by atoms with E-state index in [4.69, 9.17) is 22.1 Å². The Kier molecular flexibility index (Phi) is 9.33. The van der Waals surface area contributed by atoms with E-state index < -0.39 is 23.4 Å². The summed E-state index contributed by atoms with van der Waals surface area (Å²) in [7, 11) is 1.58. The second-order valence-electron chi connectivity index (χ2n) is 9.78. The lowest BCUT2D eigenvalue weighted by atomic mass is 9.79. The molecule has 0 bridgehead atoms. The molecule has 3 N–H and O–H groups in total. The van der Waals surface area contributed by atoms with E-state index in [1.165, 1.54) is 0 Å². The number of halogens is 4. The van der Waals surface area contributed by atoms with Gasteiger partial charge in [-0.25, -0.2) is 13.2 Å². The average Bonchev–Trinajstić information content (AvgIpc) is 2.90. The zero-order valence-corrected chi connectivity index (χ0v) is 22.1. The van der Waals surface area contributed by atoms with Crippen LogP contribution in [-0.2, 0) is 4.79 Å². The molecule has 0 saturated carbocycles. The highest BCUT2D eigenvalue weighted by Crippen LogP contribution is 2.36. The average molecular weight is 560 g/mol. The van der Waals surface area contributed by atoms with Crippen LogP contribution in [-0.4, -0.2) is 47.7 Å². The van der Waals surface area contributed by atoms with Crippen LogP contribution in [0.2, 0.25) is 5.02 Å². The molecule has 2 aromatic carbocycles. The van der Waals surface area contributed by atoms with Crippen LogP contribution in [0.4, 0.5) is 13.2 Å². The first-order valence-electron chi connectivity index (χ1n) is 12.6. The van der Waals surface area contributed by atoms with E-state index in [1.807, 2.05) is 23.1 Å². The quantitative estimate of drug-likeness (QED) is 0.277. The maximum absolute atomic E-state index is 13.9. The first-order chi connectivity index (χ1) is 18.7. The van der Waals surface area contributed by atoms with Crippen LogP contribution < -0.4 is 10.5 Å². The van der Waals surface area contributed by atoms with E-state index in [1.54, 1.807) is 13.3 Å². The van der Waals surface area contributed by atoms with E-state index >= 15 is 0 Å². The highest BCUT2D eigenvalue weighted by Gasteiger charge is 2.31. The van der Waals surface area contributed by atoms with E-state index in [0.717, 1.165) is 29.0 Å². The second-order valence-corrected chi connectivity index (χ2v) is 10.2. The summed E-state index contributed by atoms with van der Waals surface area (Å²) in [4.78, 5) is 18.0. The monoisotopic (exact) mass is 559 g/mol. The Bertz CT molecular complexity index is 1430. The number of fused-ring (bicyclic) bond motifs is 1. The molecule has 1 saturated heterocycles. The fourth-order valence-corrected chi connectivity index (χ4v) is 5.53. The van der Waals surface area contributed by atoms with Gasteiger partial charge in [-0.2, -0.15) is 0 Å². The molecule has 0 aliphatic carbocycles. The molecule has 6 nitrogen and oxygen atoms in total. The Balaban J connectivity index is 1.43. The van der Waals surface area contributed by atoms with Crippen LogP contribution in [0.5, 0.6) is 5.75 Å². The predicted octanol–water partition coefficient (Wildman–Crippen LogP) is 5.56. The Morgan fingerprint density at radius 2 is 2.08 bits per heavy atom. The summed E-state index contributed by atoms with van der Waals surface area (Å²) in [6.07, 6.45) is 3.61. The number of piperidine rings is 1. The van der Waals surface area contributed by atoms with E-state index in [2.05, 4.69) is 16.8 Å². The van der Waals surface area contributed by atoms with Gasteiger partial charge in [0.1, 0.15) is 11.6 Å². The molecule has 0 amide bonds. The van der Waals surface area contributed by atoms with E-state index in [-0.39, 0.29) is 36.4 Å². The number of benzene rings is 2. The molecule has 3 aromatic rings. The zero-order chi connectivity index (χ0) is 28.1. The van der Waals surface area contributed by atoms with E-state index in [9.17, 15) is 23.1 Å². The minimum Gasteiger partial charge on any atom is -0.497 e. The van der Waals surface area contributed by atoms with Crippen molar-refractivity contribution in [2.24, 2.45) is 17.6 Å². The highest BCUT2D eigenvalue weighted by atomic mass is 35.5. The summed E-state index contributed by atoms with van der Waals surface area (Å²) >= 11 is 6.51. The number of aliphatic carboxylic acids is 1. The maximum atomic E-state index is 13.9. The molecule has 39 heavy (non-hydrogen) atoms. The van der Waals surface area contributed by atoms with Crippen molar-refractivity contribution in [2.75, 3.05) is 26.7 Å². The lowest BCUT2D eigenvalue weighted by molar-refractivity contribution is -0.139. The summed E-state index contributed by atoms with van der Waals surface area (Å²) < 4.78 is 46.1. The first kappa shape index (κ1) is 28.7. The summed E-state index contributed by atoms with van der Waals surface area (Å²) in [5, 5.41) is 10.8. The third kappa shape index (κ3) is 7.01. The number of carbonyl (C=O) groups is 1. The molecular weight excluding hydrogens is 531 g/mol. The van der Waals surface area contributed by atoms with Crippen LogP contribution in [0.3, 0.4) is 0 Å². The predicted molar refractivity (Wildman–Crippen MR) is 143 cm³/mol. The van der Waals surface area contributed by atoms with Gasteiger partial charge in [0.15, 0.2) is 11.6 Å². The maximum Gasteiger partial charge on any atom is 0.303 e. The number of nitrogens with zero attached hydrogens (tertiary/aromatic N) is 2. The molecular formula is C29H29ClF3N3O3. The van der Waals surface area contributed by atoms with Crippen LogP contribution >= 0.6 is 11.6 Å². The van der Waals surface area contributed by atoms with Crippen molar-refractivity contribution in [3.63, 3.8) is 0 Å². The molecule has 4 rings (SSSR count). The van der Waals surface area contributed by atoms with Crippen molar-refractivity contribution in [3.05, 3.63) is 70.1 Å². The van der Waals surface area contributed by atoms with Crippen molar-refractivity contribution < 1.29 is 27.8 Å². The minimum atomic E-state index is -1.29. The molecule has 1 aliphatic rings. The Labute approximate surface area is 229 Å². The fourth-order valence-electron chi connectivity index (χ4n) is 5.24. The molecule has 2 unspecified atom stereocenters. The smallest absolute Gasteiger partial charge is 0.303 e. The lowest BCUT2D eigenvalue weighted by Crippen LogP contribution is -2.41. The van der Waals surface area contributed by atoms with Gasteiger partial charge in [-0.3, -0.25) is 14.7 Å². The van der Waals surface area contributed by atoms with Gasteiger partial charge in [-0.1, -0.05) is 23.4 Å². The van der Waals surface area contributed by atoms with Crippen molar-refractivity contribution in [1.29, 1.82) is 0 Å². The third-order valence-corrected chi connectivity index (χ3v) is 7.52. The van der Waals surface area contributed by atoms with Crippen LogP contribution in [0, 0.1) is 41.1 Å². The van der Waals surface area contributed by atoms with Crippen LogP contribution in [0.1, 0.15) is 42.9 Å². The number of hydrogen-bond donors (Lipinski definition) is 2. The van der Waals surface area contributed by atoms with Gasteiger partial charge in [0.2, 0.25) is 0 Å². The number of methoxy groups -OCH3 is 1. The van der Waals surface area contributed by atoms with Gasteiger partial charge < -0.3 is 15.6 Å². The number of rotatable bonds is 8. The summed E-state index contributed by atoms with van der Waals surface area (Å²) in [5.74, 6) is 1.62. The molecule has 1 aliphatic heterocycles. The number of pyridine rings is 1. The van der Waals surface area contributed by atoms with Crippen molar-refractivity contribution in [2.45, 2.75) is 31.7 Å². The number of likely N-dealkylation sites (tertiary alicyclic amines) is 1. The van der Waals surface area contributed by atoms with Crippen molar-refractivity contribution in [1.82, 2.24) is 9.88 Å². The largest absolute Gasteiger partial charge is 0.497 e. The van der Waals surface area contributed by atoms with Gasteiger partial charge in [-0.05, 0) is 67.5 Å². The van der Waals surface area contributed by atoms with Gasteiger partial charge in [0.25, 0.3) is 0 Å². The lowest BCUT2D eigenvalue weighted by Gasteiger charge is -2.37. The second kappa shape index (κ2) is 12.7. The topological polar surface area (TPSA) is 88.7 Å². The van der Waals surface area contributed by atoms with Crippen molar-refractivity contribution >= 4 is 28.5 Å². The first-order valence-corrected chi connectivity index (χ1v) is 13.0. The Hall–Kier alpha value is -3.32. The highest BCUT2D eigenvalue weighted by molar-refractivity contribution is 6.32. The molecule has 10 heteroatoms. The summed E-state index contributed by atoms with van der Waals surface area (Å²) in [5.41, 5.74) is 7.80. The van der Waals surface area contributed by atoms with Crippen LogP contribution in [0.25, 0.3) is 10.9 Å². The third-order valence-electron chi connectivity index (χ3n) is 7.22. The number of aromatic nitrogens is 1. The SMILES string of the molecule is COc1ccc2ncc(Cl)c([C@H](N)CCC3CCN(CC#Cc4cc(F)cc(F)c4F)CC3CC(=O)O)c2c1. The molecule has 0 radical (unpaired) electrons. The summed E-state index contributed by atoms with van der Waals surface area (Å²) in [6, 6.07) is 6.46. The van der Waals surface area contributed by atoms with Gasteiger partial charge >= 0.3 is 5.97 Å². The Morgan fingerprint density at radius 3 is 2.82 bits per heavy atom. The molecule has 2 heterocycles. The van der Waals surface area contributed by atoms with E-state index in [0.29, 0.717) is 42.8 Å². The number of ether oxygens (including phenoxy) is 1. The number of carboxylic acid groups (broad SMARTS) is 1. The summed E-state index contributed by atoms with van der Waals surface area (Å²) in [6.45, 7) is 1.36. The Morgan fingerprint density at radius 1 is 1.28 bits per heavy atom. The number of carboxylic acids is 1. The van der Waals surface area contributed by atoms with Gasteiger partial charge in [-0.15, -0.1) is 0 Å². The number of nitrogens with two attached hydrogens (primary N) is 1. The van der Waals surface area contributed by atoms with Crippen LogP contribution in [0.15, 0.2) is 36.5 Å². The molecule has 3 atom stereocenters. The fraction of sp³-hybridized carbons (Fsp3) is 0.379. The molecule has 0 spiro atoms. The molecule has 1 fully saturated rings. The van der Waals surface area contributed by atoms with Gasteiger partial charge in [0.05, 0.1) is 29.8 Å². The minimum absolute atomic E-state index is 0.0102. The molecule has 206 valence electrons. The normalized spacial score (nSPS) is 18.4. The van der Waals surface area contributed by atoms with Crippen molar-refractivity contribution in [3.8, 4) is 17.6 Å².